The standard InChI is InChI=1S/C19H23N3O4/c1-21(14-8-3-2-4-9-14)11-13-7-5-6-10-15(13)22-12-16(23)18(24)17(20-22)19(25)26/h5-7,10,12,14,23H,2-4,8-9,11H2,1H3,(H,25,26). The van der Waals surface area contributed by atoms with E-state index in [1.807, 2.05) is 18.2 Å². The van der Waals surface area contributed by atoms with Gasteiger partial charge in [-0.2, -0.15) is 5.10 Å². The number of carboxylic acids is 1. The average Bonchev–Trinajstić information content (AvgIpc) is 2.65. The second kappa shape index (κ2) is 7.70. The van der Waals surface area contributed by atoms with Crippen molar-refractivity contribution in [3.05, 3.63) is 51.9 Å². The SMILES string of the molecule is CN(Cc1ccccc1-n1cc(O)c(=O)c(C(=O)O)n1)C1CCCCC1. The predicted octanol–water partition coefficient (Wildman–Crippen LogP) is 2.40. The van der Waals surface area contributed by atoms with Crippen LogP contribution in [0.2, 0.25) is 0 Å². The number of rotatable bonds is 5. The van der Waals surface area contributed by atoms with E-state index in [-0.39, 0.29) is 0 Å². The Balaban J connectivity index is 1.94. The fraction of sp³-hybridized carbons (Fsp3) is 0.421. The summed E-state index contributed by atoms with van der Waals surface area (Å²) in [4.78, 5) is 25.3. The van der Waals surface area contributed by atoms with Gasteiger partial charge in [-0.1, -0.05) is 37.5 Å². The van der Waals surface area contributed by atoms with Gasteiger partial charge in [0, 0.05) is 12.6 Å². The summed E-state index contributed by atoms with van der Waals surface area (Å²) in [5, 5.41) is 22.9. The molecular weight excluding hydrogens is 334 g/mol. The number of aromatic carboxylic acids is 1. The van der Waals surface area contributed by atoms with Crippen LogP contribution in [0.5, 0.6) is 5.75 Å². The van der Waals surface area contributed by atoms with E-state index < -0.39 is 22.8 Å². The molecule has 2 N–H and O–H groups in total. The Morgan fingerprint density at radius 1 is 1.27 bits per heavy atom. The molecule has 138 valence electrons. The van der Waals surface area contributed by atoms with Gasteiger partial charge in [-0.3, -0.25) is 9.69 Å². The van der Waals surface area contributed by atoms with E-state index in [9.17, 15) is 14.7 Å². The molecule has 1 aromatic heterocycles. The maximum atomic E-state index is 11.7. The normalized spacial score (nSPS) is 15.3. The number of carboxylic acid groups (broad SMARTS) is 1. The summed E-state index contributed by atoms with van der Waals surface area (Å²) in [6, 6.07) is 8.00. The predicted molar refractivity (Wildman–Crippen MR) is 96.8 cm³/mol. The summed E-state index contributed by atoms with van der Waals surface area (Å²) in [5.41, 5.74) is -0.0774. The third-order valence-electron chi connectivity index (χ3n) is 4.96. The van der Waals surface area contributed by atoms with E-state index in [1.54, 1.807) is 6.07 Å². The van der Waals surface area contributed by atoms with E-state index >= 15 is 0 Å². The molecule has 0 aliphatic heterocycles. The maximum absolute atomic E-state index is 11.7. The fourth-order valence-corrected chi connectivity index (χ4v) is 3.53. The average molecular weight is 357 g/mol. The minimum atomic E-state index is -1.46. The van der Waals surface area contributed by atoms with Gasteiger partial charge < -0.3 is 10.2 Å². The zero-order valence-electron chi connectivity index (χ0n) is 14.8. The first kappa shape index (κ1) is 18.1. The summed E-state index contributed by atoms with van der Waals surface area (Å²) in [5.74, 6) is -2.09. The first-order valence-electron chi connectivity index (χ1n) is 8.82. The topological polar surface area (TPSA) is 95.7 Å². The molecule has 0 atom stereocenters. The third-order valence-corrected chi connectivity index (χ3v) is 4.96. The fourth-order valence-electron chi connectivity index (χ4n) is 3.53. The molecule has 0 radical (unpaired) electrons. The molecule has 0 saturated heterocycles. The van der Waals surface area contributed by atoms with Gasteiger partial charge in [-0.25, -0.2) is 9.48 Å². The Labute approximate surface area is 151 Å². The van der Waals surface area contributed by atoms with Crippen LogP contribution in [0.1, 0.15) is 48.2 Å². The van der Waals surface area contributed by atoms with Crippen LogP contribution >= 0.6 is 0 Å². The zero-order valence-corrected chi connectivity index (χ0v) is 14.8. The summed E-state index contributed by atoms with van der Waals surface area (Å²) < 4.78 is 1.27. The second-order valence-electron chi connectivity index (χ2n) is 6.78. The molecule has 0 bridgehead atoms. The number of aromatic nitrogens is 2. The van der Waals surface area contributed by atoms with E-state index in [0.29, 0.717) is 18.3 Å². The molecule has 0 spiro atoms. The molecule has 26 heavy (non-hydrogen) atoms. The van der Waals surface area contributed by atoms with Gasteiger partial charge in [-0.05, 0) is 31.5 Å². The van der Waals surface area contributed by atoms with Crippen molar-refractivity contribution in [2.75, 3.05) is 7.05 Å². The molecule has 1 fully saturated rings. The molecule has 1 aliphatic rings. The summed E-state index contributed by atoms with van der Waals surface area (Å²) in [7, 11) is 2.09. The molecular formula is C19H23N3O4. The van der Waals surface area contributed by atoms with Crippen molar-refractivity contribution in [2.24, 2.45) is 0 Å². The molecule has 0 unspecified atom stereocenters. The van der Waals surface area contributed by atoms with E-state index in [4.69, 9.17) is 5.11 Å². The number of benzene rings is 1. The highest BCUT2D eigenvalue weighted by molar-refractivity contribution is 5.85. The van der Waals surface area contributed by atoms with E-state index in [2.05, 4.69) is 17.0 Å². The number of para-hydroxylation sites is 1. The smallest absolute Gasteiger partial charge is 0.360 e. The van der Waals surface area contributed by atoms with E-state index in [0.717, 1.165) is 11.8 Å². The minimum absolute atomic E-state index is 0.529. The Hall–Kier alpha value is -2.67. The van der Waals surface area contributed by atoms with Gasteiger partial charge in [-0.15, -0.1) is 0 Å². The minimum Gasteiger partial charge on any atom is -0.503 e. The molecule has 0 amide bonds. The number of carbonyl (C=O) groups is 1. The lowest BCUT2D eigenvalue weighted by molar-refractivity contribution is 0.0686. The van der Waals surface area contributed by atoms with Crippen LogP contribution in [-0.4, -0.2) is 44.0 Å². The Bertz CT molecular complexity index is 856. The molecule has 7 nitrogen and oxygen atoms in total. The van der Waals surface area contributed by atoms with Gasteiger partial charge in [0.15, 0.2) is 5.75 Å². The highest BCUT2D eigenvalue weighted by Gasteiger charge is 2.20. The van der Waals surface area contributed by atoms with E-state index in [1.165, 1.54) is 36.8 Å². The van der Waals surface area contributed by atoms with Crippen molar-refractivity contribution in [1.29, 1.82) is 0 Å². The van der Waals surface area contributed by atoms with Crippen LogP contribution in [0.25, 0.3) is 5.69 Å². The number of nitrogens with zero attached hydrogens (tertiary/aromatic N) is 3. The Morgan fingerprint density at radius 2 is 1.96 bits per heavy atom. The zero-order chi connectivity index (χ0) is 18.7. The first-order chi connectivity index (χ1) is 12.5. The maximum Gasteiger partial charge on any atom is 0.360 e. The summed E-state index contributed by atoms with van der Waals surface area (Å²) in [6.07, 6.45) is 7.30. The Morgan fingerprint density at radius 3 is 2.65 bits per heavy atom. The van der Waals surface area contributed by atoms with Crippen LogP contribution in [0.4, 0.5) is 0 Å². The first-order valence-corrected chi connectivity index (χ1v) is 8.82. The van der Waals surface area contributed by atoms with Crippen molar-refractivity contribution in [2.45, 2.75) is 44.7 Å². The lowest BCUT2D eigenvalue weighted by Crippen LogP contribution is -2.33. The van der Waals surface area contributed by atoms with Gasteiger partial charge >= 0.3 is 5.97 Å². The quantitative estimate of drug-likeness (QED) is 0.853. The van der Waals surface area contributed by atoms with Crippen LogP contribution in [0.15, 0.2) is 35.3 Å². The molecule has 7 heteroatoms. The number of hydrogen-bond acceptors (Lipinski definition) is 5. The molecule has 3 rings (SSSR count). The van der Waals surface area contributed by atoms with Crippen LogP contribution in [0.3, 0.4) is 0 Å². The van der Waals surface area contributed by atoms with Gasteiger partial charge in [0.05, 0.1) is 11.9 Å². The highest BCUT2D eigenvalue weighted by Crippen LogP contribution is 2.24. The number of hydrogen-bond donors (Lipinski definition) is 2. The summed E-state index contributed by atoms with van der Waals surface area (Å²) >= 11 is 0. The Kier molecular flexibility index (Phi) is 5.37. The largest absolute Gasteiger partial charge is 0.503 e. The summed E-state index contributed by atoms with van der Waals surface area (Å²) in [6.45, 7) is 0.678. The third kappa shape index (κ3) is 3.77. The molecule has 1 saturated carbocycles. The lowest BCUT2D eigenvalue weighted by Gasteiger charge is -2.31. The molecule has 2 aromatic rings. The highest BCUT2D eigenvalue weighted by atomic mass is 16.4. The van der Waals surface area contributed by atoms with Crippen LogP contribution < -0.4 is 5.43 Å². The van der Waals surface area contributed by atoms with Crippen LogP contribution in [0, 0.1) is 0 Å². The van der Waals surface area contributed by atoms with Gasteiger partial charge in [0.25, 0.3) is 5.43 Å². The lowest BCUT2D eigenvalue weighted by atomic mass is 9.94. The van der Waals surface area contributed by atoms with Crippen molar-refractivity contribution in [3.63, 3.8) is 0 Å². The molecule has 1 aliphatic carbocycles. The van der Waals surface area contributed by atoms with Gasteiger partial charge in [0.2, 0.25) is 5.69 Å². The van der Waals surface area contributed by atoms with Crippen molar-refractivity contribution >= 4 is 5.97 Å². The van der Waals surface area contributed by atoms with Crippen molar-refractivity contribution in [3.8, 4) is 11.4 Å². The number of aromatic hydroxyl groups is 1. The second-order valence-corrected chi connectivity index (χ2v) is 6.78. The van der Waals surface area contributed by atoms with Crippen molar-refractivity contribution in [1.82, 2.24) is 14.7 Å². The monoisotopic (exact) mass is 357 g/mol. The van der Waals surface area contributed by atoms with Crippen molar-refractivity contribution < 1.29 is 15.0 Å². The molecule has 1 heterocycles. The van der Waals surface area contributed by atoms with Gasteiger partial charge in [0.1, 0.15) is 0 Å². The molecule has 1 aromatic carbocycles. The van der Waals surface area contributed by atoms with Crippen LogP contribution in [-0.2, 0) is 6.54 Å².